The molecule has 1 fully saturated rings. The van der Waals surface area contributed by atoms with Crippen molar-refractivity contribution >= 4 is 40.4 Å². The highest BCUT2D eigenvalue weighted by Crippen LogP contribution is 2.25. The molecule has 2 N–H and O–H groups in total. The van der Waals surface area contributed by atoms with Gasteiger partial charge < -0.3 is 10.6 Å². The van der Waals surface area contributed by atoms with Gasteiger partial charge in [0.2, 0.25) is 11.9 Å². The molecule has 0 aliphatic carbocycles. The third-order valence-electron chi connectivity index (χ3n) is 3.24. The molecule has 3 rings (SSSR count). The van der Waals surface area contributed by atoms with E-state index < -0.39 is 4.92 Å². The number of nitrogens with zero attached hydrogens (tertiary/aromatic N) is 5. The second-order valence-electron chi connectivity index (χ2n) is 4.81. The van der Waals surface area contributed by atoms with E-state index in [0.717, 1.165) is 42.1 Å². The van der Waals surface area contributed by atoms with Crippen molar-refractivity contribution in [2.75, 3.05) is 23.7 Å². The van der Waals surface area contributed by atoms with Gasteiger partial charge in [-0.15, -0.1) is 0 Å². The molecule has 22 heavy (non-hydrogen) atoms. The fourth-order valence-corrected chi connectivity index (χ4v) is 2.94. The summed E-state index contributed by atoms with van der Waals surface area (Å²) < 4.78 is 0. The van der Waals surface area contributed by atoms with Crippen LogP contribution in [0, 0.1) is 10.1 Å². The summed E-state index contributed by atoms with van der Waals surface area (Å²) in [5, 5.41) is 10.8. The van der Waals surface area contributed by atoms with Gasteiger partial charge in [-0.25, -0.2) is 0 Å². The third-order valence-corrected chi connectivity index (χ3v) is 4.24. The van der Waals surface area contributed by atoms with Crippen LogP contribution < -0.4 is 10.6 Å². The number of rotatable bonds is 4. The molecule has 8 nitrogen and oxygen atoms in total. The van der Waals surface area contributed by atoms with E-state index in [1.165, 1.54) is 6.07 Å². The molecule has 9 heteroatoms. The van der Waals surface area contributed by atoms with Crippen LogP contribution in [0.4, 0.5) is 16.9 Å². The van der Waals surface area contributed by atoms with Crippen LogP contribution in [0.5, 0.6) is 0 Å². The minimum atomic E-state index is -0.408. The summed E-state index contributed by atoms with van der Waals surface area (Å²) in [5.41, 5.74) is 5.73. The summed E-state index contributed by atoms with van der Waals surface area (Å²) in [6.45, 7) is 1.84. The summed E-state index contributed by atoms with van der Waals surface area (Å²) in [4.78, 5) is 25.7. The average Bonchev–Trinajstić information content (AvgIpc) is 3.16. The lowest BCUT2D eigenvalue weighted by atomic mass is 10.4. The Bertz CT molecular complexity index is 723. The van der Waals surface area contributed by atoms with E-state index in [2.05, 4.69) is 19.9 Å². The number of thiophene rings is 1. The van der Waals surface area contributed by atoms with Crippen LogP contribution in [0.15, 0.2) is 12.1 Å². The lowest BCUT2D eigenvalue weighted by Gasteiger charge is -2.14. The van der Waals surface area contributed by atoms with Crippen LogP contribution in [0.1, 0.15) is 23.5 Å². The van der Waals surface area contributed by atoms with E-state index in [4.69, 9.17) is 5.73 Å². The molecule has 2 aromatic heterocycles. The first-order chi connectivity index (χ1) is 10.6. The van der Waals surface area contributed by atoms with Crippen LogP contribution in [0.25, 0.3) is 12.2 Å². The maximum absolute atomic E-state index is 10.7. The summed E-state index contributed by atoms with van der Waals surface area (Å²) in [7, 11) is 0. The quantitative estimate of drug-likeness (QED) is 0.679. The molecule has 3 heterocycles. The maximum Gasteiger partial charge on any atom is 0.324 e. The number of nitrogens with two attached hydrogens (primary N) is 1. The van der Waals surface area contributed by atoms with E-state index in [1.807, 2.05) is 0 Å². The lowest BCUT2D eigenvalue weighted by Crippen LogP contribution is -2.21. The summed E-state index contributed by atoms with van der Waals surface area (Å²) >= 11 is 1.10. The maximum atomic E-state index is 10.7. The van der Waals surface area contributed by atoms with Crippen molar-refractivity contribution < 1.29 is 4.92 Å². The number of nitrogen functional groups attached to an aromatic ring is 1. The molecule has 1 aliphatic heterocycles. The van der Waals surface area contributed by atoms with Gasteiger partial charge in [-0.2, -0.15) is 15.0 Å². The van der Waals surface area contributed by atoms with Crippen molar-refractivity contribution in [2.45, 2.75) is 12.8 Å². The third kappa shape index (κ3) is 3.19. The number of hydrogen-bond acceptors (Lipinski definition) is 8. The Balaban J connectivity index is 1.81. The normalized spacial score (nSPS) is 14.8. The number of nitro groups is 1. The Morgan fingerprint density at radius 2 is 2.00 bits per heavy atom. The highest BCUT2D eigenvalue weighted by atomic mass is 32.1. The second-order valence-corrected chi connectivity index (χ2v) is 5.91. The zero-order valence-corrected chi connectivity index (χ0v) is 12.5. The SMILES string of the molecule is Nc1nc(/C=C/c2ccc([N+](=O)[O-])s2)nc(N2CCCC2)n1. The van der Waals surface area contributed by atoms with Gasteiger partial charge in [0.1, 0.15) is 0 Å². The molecular formula is C13H14N6O2S. The predicted octanol–water partition coefficient (Wildman–Crippen LogP) is 2.19. The zero-order valence-electron chi connectivity index (χ0n) is 11.7. The minimum Gasteiger partial charge on any atom is -0.368 e. The molecule has 0 atom stereocenters. The van der Waals surface area contributed by atoms with Gasteiger partial charge >= 0.3 is 5.00 Å². The molecular weight excluding hydrogens is 304 g/mol. The minimum absolute atomic E-state index is 0.104. The van der Waals surface area contributed by atoms with Crippen LogP contribution >= 0.6 is 11.3 Å². The van der Waals surface area contributed by atoms with E-state index in [0.29, 0.717) is 11.8 Å². The van der Waals surface area contributed by atoms with Gasteiger partial charge in [0, 0.05) is 24.0 Å². The van der Waals surface area contributed by atoms with E-state index in [1.54, 1.807) is 18.2 Å². The molecule has 0 saturated carbocycles. The molecule has 0 radical (unpaired) electrons. The number of hydrogen-bond donors (Lipinski definition) is 1. The molecule has 1 saturated heterocycles. The number of aromatic nitrogens is 3. The van der Waals surface area contributed by atoms with Gasteiger partial charge in [0.05, 0.1) is 4.92 Å². The summed E-state index contributed by atoms with van der Waals surface area (Å²) in [6.07, 6.45) is 5.67. The second kappa shape index (κ2) is 6.06. The Labute approximate surface area is 130 Å². The molecule has 0 aromatic carbocycles. The predicted molar refractivity (Wildman–Crippen MR) is 85.6 cm³/mol. The van der Waals surface area contributed by atoms with E-state index >= 15 is 0 Å². The van der Waals surface area contributed by atoms with Crippen LogP contribution in [0.2, 0.25) is 0 Å². The van der Waals surface area contributed by atoms with Crippen molar-refractivity contribution in [3.63, 3.8) is 0 Å². The van der Waals surface area contributed by atoms with Crippen molar-refractivity contribution in [3.05, 3.63) is 32.9 Å². The van der Waals surface area contributed by atoms with Crippen LogP contribution in [-0.4, -0.2) is 33.0 Å². The average molecular weight is 318 g/mol. The molecule has 0 bridgehead atoms. The van der Waals surface area contributed by atoms with Crippen molar-refractivity contribution in [1.29, 1.82) is 0 Å². The monoisotopic (exact) mass is 318 g/mol. The highest BCUT2D eigenvalue weighted by Gasteiger charge is 2.16. The summed E-state index contributed by atoms with van der Waals surface area (Å²) in [6, 6.07) is 3.16. The van der Waals surface area contributed by atoms with Gasteiger partial charge in [0.15, 0.2) is 5.82 Å². The van der Waals surface area contributed by atoms with Crippen LogP contribution in [0.3, 0.4) is 0 Å². The van der Waals surface area contributed by atoms with Crippen molar-refractivity contribution in [2.24, 2.45) is 0 Å². The summed E-state index contributed by atoms with van der Waals surface area (Å²) in [5.74, 6) is 1.21. The lowest BCUT2D eigenvalue weighted by molar-refractivity contribution is -0.380. The zero-order chi connectivity index (χ0) is 15.5. The first-order valence-corrected chi connectivity index (χ1v) is 7.62. The molecule has 0 unspecified atom stereocenters. The standard InChI is InChI=1S/C13H14N6O2S/c14-12-15-10(16-13(17-12)18-7-1-2-8-18)5-3-9-4-6-11(22-9)19(20)21/h3-6H,1-2,7-8H2,(H2,14,15,16,17)/b5-3+. The molecule has 0 spiro atoms. The van der Waals surface area contributed by atoms with E-state index in [9.17, 15) is 10.1 Å². The molecule has 0 amide bonds. The molecule has 1 aliphatic rings. The smallest absolute Gasteiger partial charge is 0.324 e. The Morgan fingerprint density at radius 3 is 2.68 bits per heavy atom. The van der Waals surface area contributed by atoms with Gasteiger partial charge in [-0.1, -0.05) is 11.3 Å². The van der Waals surface area contributed by atoms with Crippen LogP contribution in [-0.2, 0) is 0 Å². The molecule has 2 aromatic rings. The fourth-order valence-electron chi connectivity index (χ4n) is 2.22. The van der Waals surface area contributed by atoms with Gasteiger partial charge in [-0.05, 0) is 31.1 Å². The Kier molecular flexibility index (Phi) is 3.96. The topological polar surface area (TPSA) is 111 Å². The highest BCUT2D eigenvalue weighted by molar-refractivity contribution is 7.16. The van der Waals surface area contributed by atoms with Gasteiger partial charge in [0.25, 0.3) is 0 Å². The Hall–Kier alpha value is -2.55. The fraction of sp³-hybridized carbons (Fsp3) is 0.308. The van der Waals surface area contributed by atoms with Crippen molar-refractivity contribution in [3.8, 4) is 0 Å². The Morgan fingerprint density at radius 1 is 1.23 bits per heavy atom. The van der Waals surface area contributed by atoms with Crippen molar-refractivity contribution in [1.82, 2.24) is 15.0 Å². The van der Waals surface area contributed by atoms with E-state index in [-0.39, 0.29) is 10.9 Å². The van der Waals surface area contributed by atoms with Gasteiger partial charge in [-0.3, -0.25) is 10.1 Å². The first-order valence-electron chi connectivity index (χ1n) is 6.80. The largest absolute Gasteiger partial charge is 0.368 e. The molecule has 114 valence electrons. The number of anilines is 2. The first kappa shape index (κ1) is 14.4.